The molecule has 0 N–H and O–H groups in total. The average molecular weight is 667 g/mol. The summed E-state index contributed by atoms with van der Waals surface area (Å²) in [6.45, 7) is 9.38. The molecule has 0 rings (SSSR count). The van der Waals surface area contributed by atoms with E-state index in [1.807, 2.05) is 0 Å². The van der Waals surface area contributed by atoms with E-state index >= 15 is 0 Å². The minimum atomic E-state index is -1.13. The first kappa shape index (κ1) is 46.4. The summed E-state index contributed by atoms with van der Waals surface area (Å²) in [6, 6.07) is 0. The third-order valence-corrected chi connectivity index (χ3v) is 17.1. The summed E-state index contributed by atoms with van der Waals surface area (Å²) in [4.78, 5) is 0. The summed E-state index contributed by atoms with van der Waals surface area (Å²) in [6.07, 6.45) is 61.9. The molecule has 0 aromatic rings. The molecule has 0 amide bonds. The third-order valence-electron chi connectivity index (χ3n) is 11.5. The van der Waals surface area contributed by atoms with Crippen LogP contribution in [0, 0.1) is 0 Å². The van der Waals surface area contributed by atoms with Gasteiger partial charge in [0.25, 0.3) is 0 Å². The van der Waals surface area contributed by atoms with Gasteiger partial charge in [0.2, 0.25) is 0 Å². The van der Waals surface area contributed by atoms with Crippen LogP contribution in [0.5, 0.6) is 0 Å². The second-order valence-corrected chi connectivity index (χ2v) is 21.2. The minimum absolute atomic E-state index is 1.13. The first-order chi connectivity index (χ1) is 22.7. The summed E-state index contributed by atoms with van der Waals surface area (Å²) in [7, 11) is -1.13. The van der Waals surface area contributed by atoms with Crippen LogP contribution in [0.15, 0.2) is 0 Å². The summed E-state index contributed by atoms with van der Waals surface area (Å²) < 4.78 is 0. The van der Waals surface area contributed by atoms with Crippen molar-refractivity contribution < 1.29 is 0 Å². The quantitative estimate of drug-likeness (QED) is 0.0450. The Bertz CT molecular complexity index is 482. The molecule has 0 aliphatic rings. The summed E-state index contributed by atoms with van der Waals surface area (Å²) in [5.74, 6) is 0. The van der Waals surface area contributed by atoms with Gasteiger partial charge in [0.1, 0.15) is 0 Å². The zero-order chi connectivity index (χ0) is 33.5. The molecule has 0 spiro atoms. The van der Waals surface area contributed by atoms with Gasteiger partial charge in [-0.3, -0.25) is 0 Å². The topological polar surface area (TPSA) is 0 Å². The fourth-order valence-electron chi connectivity index (χ4n) is 8.17. The van der Waals surface area contributed by atoms with Crippen molar-refractivity contribution in [2.45, 2.75) is 265 Å². The van der Waals surface area contributed by atoms with Crippen molar-refractivity contribution in [1.29, 1.82) is 0 Å². The Morgan fingerprint density at radius 1 is 0.174 bits per heavy atom. The van der Waals surface area contributed by atoms with Gasteiger partial charge in [0, 0.05) is 0 Å². The van der Waals surface area contributed by atoms with E-state index in [2.05, 4.69) is 27.7 Å². The first-order valence-corrected chi connectivity index (χ1v) is 25.6. The van der Waals surface area contributed by atoms with Gasteiger partial charge in [-0.1, -0.05) is 39.0 Å². The van der Waals surface area contributed by atoms with Gasteiger partial charge in [0.15, 0.2) is 0 Å². The van der Waals surface area contributed by atoms with E-state index in [9.17, 15) is 0 Å². The molecule has 0 aliphatic carbocycles. The molecule has 0 saturated carbocycles. The van der Waals surface area contributed by atoms with Crippen molar-refractivity contribution >= 4 is 7.26 Å². The van der Waals surface area contributed by atoms with Crippen LogP contribution in [0.25, 0.3) is 0 Å². The normalized spacial score (nSPS) is 12.3. The van der Waals surface area contributed by atoms with E-state index in [0.29, 0.717) is 0 Å². The van der Waals surface area contributed by atoms with Gasteiger partial charge in [-0.05, 0) is 0 Å². The Labute approximate surface area is 296 Å². The van der Waals surface area contributed by atoms with Crippen LogP contribution < -0.4 is 0 Å². The molecule has 0 atom stereocenters. The fourth-order valence-corrected chi connectivity index (χ4v) is 13.7. The van der Waals surface area contributed by atoms with E-state index in [1.54, 1.807) is 50.3 Å². The van der Waals surface area contributed by atoms with E-state index in [4.69, 9.17) is 0 Å². The Kier molecular flexibility index (Phi) is 40.2. The molecule has 0 fully saturated rings. The van der Waals surface area contributed by atoms with Gasteiger partial charge in [-0.15, -0.1) is 0 Å². The van der Waals surface area contributed by atoms with Crippen LogP contribution >= 0.6 is 7.26 Å². The van der Waals surface area contributed by atoms with Crippen LogP contribution in [0.4, 0.5) is 0 Å². The van der Waals surface area contributed by atoms with Gasteiger partial charge in [-0.25, -0.2) is 0 Å². The molecule has 0 heterocycles. The summed E-state index contributed by atoms with van der Waals surface area (Å²) in [5.41, 5.74) is 0. The molecule has 46 heavy (non-hydrogen) atoms. The van der Waals surface area contributed by atoms with Gasteiger partial charge in [0.05, 0.1) is 0 Å². The number of hydrogen-bond donors (Lipinski definition) is 0. The molecule has 0 saturated heterocycles. The maximum atomic E-state index is 2.35. The number of rotatable bonds is 41. The SMILES string of the molecule is CCCCCCCCCCCCCCCCCC[PH](CCCCCCCCC)(CCCCCCCCC)CCCCCCCCC. The fraction of sp³-hybridized carbons (Fsp3) is 1.00. The van der Waals surface area contributed by atoms with Crippen LogP contribution in [-0.4, -0.2) is 24.6 Å². The Morgan fingerprint density at radius 2 is 0.304 bits per heavy atom. The van der Waals surface area contributed by atoms with Gasteiger partial charge >= 0.3 is 258 Å². The zero-order valence-electron chi connectivity index (χ0n) is 33.5. The Morgan fingerprint density at radius 3 is 0.457 bits per heavy atom. The Balaban J connectivity index is 4.56. The molecular weight excluding hydrogens is 571 g/mol. The maximum absolute atomic E-state index is 2.35. The van der Waals surface area contributed by atoms with Crippen LogP contribution in [-0.2, 0) is 0 Å². The van der Waals surface area contributed by atoms with Crippen molar-refractivity contribution in [2.24, 2.45) is 0 Å². The Hall–Kier alpha value is 0.430. The molecule has 1 heteroatoms. The standard InChI is InChI=1S/C45H95P/c1-5-9-13-17-21-22-23-24-25-26-27-28-29-33-37-41-45-46(42-38-34-30-18-14-10-6-2,43-39-35-31-19-15-11-7-3)44-40-36-32-20-16-12-8-4/h46H,5-45H2,1-4H3. The van der Waals surface area contributed by atoms with E-state index in [-0.39, 0.29) is 0 Å². The zero-order valence-corrected chi connectivity index (χ0v) is 34.5. The number of hydrogen-bond acceptors (Lipinski definition) is 0. The monoisotopic (exact) mass is 667 g/mol. The molecule has 0 radical (unpaired) electrons. The molecule has 0 aliphatic heterocycles. The molecule has 0 aromatic carbocycles. The van der Waals surface area contributed by atoms with Crippen molar-refractivity contribution in [2.75, 3.05) is 24.6 Å². The van der Waals surface area contributed by atoms with Crippen LogP contribution in [0.1, 0.15) is 265 Å². The van der Waals surface area contributed by atoms with Crippen molar-refractivity contribution in [3.63, 3.8) is 0 Å². The average Bonchev–Trinajstić information content (AvgIpc) is 3.06. The molecule has 0 nitrogen and oxygen atoms in total. The van der Waals surface area contributed by atoms with Crippen LogP contribution in [0.3, 0.4) is 0 Å². The molecule has 0 bridgehead atoms. The van der Waals surface area contributed by atoms with Crippen molar-refractivity contribution in [3.8, 4) is 0 Å². The molecular formula is C45H95P. The molecule has 0 aromatic heterocycles. The van der Waals surface area contributed by atoms with Crippen LogP contribution in [0.2, 0.25) is 0 Å². The second-order valence-electron chi connectivity index (χ2n) is 16.2. The van der Waals surface area contributed by atoms with Crippen molar-refractivity contribution in [3.05, 3.63) is 0 Å². The van der Waals surface area contributed by atoms with E-state index in [1.165, 1.54) is 212 Å². The first-order valence-electron chi connectivity index (χ1n) is 22.7. The van der Waals surface area contributed by atoms with E-state index < -0.39 is 7.26 Å². The van der Waals surface area contributed by atoms with E-state index in [0.717, 1.165) is 0 Å². The summed E-state index contributed by atoms with van der Waals surface area (Å²) >= 11 is 0. The predicted octanol–water partition coefficient (Wildman–Crippen LogP) is 17.2. The summed E-state index contributed by atoms with van der Waals surface area (Å²) in [5, 5.41) is 0. The predicted molar refractivity (Wildman–Crippen MR) is 221 cm³/mol. The molecule has 0 unspecified atom stereocenters. The molecule has 280 valence electrons. The third kappa shape index (κ3) is 34.3. The second kappa shape index (κ2) is 39.9. The van der Waals surface area contributed by atoms with Crippen molar-refractivity contribution in [1.82, 2.24) is 0 Å². The van der Waals surface area contributed by atoms with Gasteiger partial charge in [-0.2, -0.15) is 0 Å². The van der Waals surface area contributed by atoms with Gasteiger partial charge < -0.3 is 0 Å². The number of unbranched alkanes of at least 4 members (excludes halogenated alkanes) is 33.